The molecule has 19 heavy (non-hydrogen) atoms. The Morgan fingerprint density at radius 2 is 2.11 bits per heavy atom. The fourth-order valence-corrected chi connectivity index (χ4v) is 1.76. The standard InChI is InChI=1S/C13H10N2O4/c1-8-2-3-14-7-12(8)9-4-10(13(16)17)6-11(5-9)15(18)19/h2-7H,1H3,(H,16,17). The van der Waals surface area contributed by atoms with Crippen molar-refractivity contribution < 1.29 is 14.8 Å². The van der Waals surface area contributed by atoms with Crippen LogP contribution in [0.15, 0.2) is 36.7 Å². The summed E-state index contributed by atoms with van der Waals surface area (Å²) in [6.45, 7) is 1.83. The SMILES string of the molecule is Cc1ccncc1-c1cc(C(=O)O)cc([N+](=O)[O-])c1. The van der Waals surface area contributed by atoms with Gasteiger partial charge in [0.2, 0.25) is 0 Å². The number of hydrogen-bond donors (Lipinski definition) is 1. The smallest absolute Gasteiger partial charge is 0.335 e. The predicted molar refractivity (Wildman–Crippen MR) is 68.0 cm³/mol. The van der Waals surface area contributed by atoms with Crippen molar-refractivity contribution in [3.05, 3.63) is 57.9 Å². The number of pyridine rings is 1. The number of aromatic nitrogens is 1. The maximum atomic E-state index is 11.0. The Bertz CT molecular complexity index is 635. The summed E-state index contributed by atoms with van der Waals surface area (Å²) in [7, 11) is 0. The summed E-state index contributed by atoms with van der Waals surface area (Å²) < 4.78 is 0. The summed E-state index contributed by atoms with van der Waals surface area (Å²) in [6.07, 6.45) is 3.16. The molecule has 1 aromatic carbocycles. The lowest BCUT2D eigenvalue weighted by Crippen LogP contribution is -1.99. The molecule has 2 rings (SSSR count). The third kappa shape index (κ3) is 2.57. The molecule has 2 aromatic rings. The summed E-state index contributed by atoms with van der Waals surface area (Å²) in [4.78, 5) is 25.2. The van der Waals surface area contributed by atoms with Crippen molar-refractivity contribution in [2.45, 2.75) is 6.92 Å². The topological polar surface area (TPSA) is 93.3 Å². The van der Waals surface area contributed by atoms with Gasteiger partial charge in [-0.25, -0.2) is 4.79 Å². The molecule has 0 aliphatic heterocycles. The first kappa shape index (κ1) is 12.7. The molecule has 1 heterocycles. The molecule has 0 amide bonds. The quantitative estimate of drug-likeness (QED) is 0.674. The number of aryl methyl sites for hydroxylation is 1. The van der Waals surface area contributed by atoms with Crippen molar-refractivity contribution in [2.75, 3.05) is 0 Å². The Kier molecular flexibility index (Phi) is 3.24. The molecule has 0 bridgehead atoms. The summed E-state index contributed by atoms with van der Waals surface area (Å²) in [6, 6.07) is 5.54. The van der Waals surface area contributed by atoms with Gasteiger partial charge in [0.25, 0.3) is 5.69 Å². The zero-order chi connectivity index (χ0) is 14.0. The lowest BCUT2D eigenvalue weighted by Gasteiger charge is -2.06. The van der Waals surface area contributed by atoms with Crippen molar-refractivity contribution in [2.24, 2.45) is 0 Å². The van der Waals surface area contributed by atoms with Gasteiger partial charge in [0.05, 0.1) is 10.5 Å². The van der Waals surface area contributed by atoms with Crippen LogP contribution in [0.3, 0.4) is 0 Å². The Morgan fingerprint density at radius 3 is 2.68 bits per heavy atom. The van der Waals surface area contributed by atoms with E-state index in [-0.39, 0.29) is 11.3 Å². The summed E-state index contributed by atoms with van der Waals surface area (Å²) >= 11 is 0. The normalized spacial score (nSPS) is 10.2. The van der Waals surface area contributed by atoms with Gasteiger partial charge in [-0.1, -0.05) is 0 Å². The first-order valence-electron chi connectivity index (χ1n) is 5.43. The molecule has 0 spiro atoms. The van der Waals surface area contributed by atoms with Gasteiger partial charge in [-0.2, -0.15) is 0 Å². The van der Waals surface area contributed by atoms with Gasteiger partial charge >= 0.3 is 5.97 Å². The van der Waals surface area contributed by atoms with E-state index in [4.69, 9.17) is 5.11 Å². The Hall–Kier alpha value is -2.76. The Morgan fingerprint density at radius 1 is 1.37 bits per heavy atom. The van der Waals surface area contributed by atoms with E-state index in [9.17, 15) is 14.9 Å². The monoisotopic (exact) mass is 258 g/mol. The molecule has 0 fully saturated rings. The van der Waals surface area contributed by atoms with Crippen molar-refractivity contribution in [3.63, 3.8) is 0 Å². The van der Waals surface area contributed by atoms with Crippen LogP contribution in [0.25, 0.3) is 11.1 Å². The molecule has 0 atom stereocenters. The molecule has 0 saturated carbocycles. The van der Waals surface area contributed by atoms with Crippen LogP contribution in [0.5, 0.6) is 0 Å². The molecule has 0 saturated heterocycles. The number of aromatic carboxylic acids is 1. The van der Waals surface area contributed by atoms with Crippen molar-refractivity contribution in [3.8, 4) is 11.1 Å². The molecule has 1 N–H and O–H groups in total. The van der Waals surface area contributed by atoms with Crippen LogP contribution >= 0.6 is 0 Å². The zero-order valence-electron chi connectivity index (χ0n) is 10.0. The summed E-state index contributed by atoms with van der Waals surface area (Å²) in [5, 5.41) is 19.8. The molecule has 6 heteroatoms. The van der Waals surface area contributed by atoms with E-state index < -0.39 is 10.9 Å². The zero-order valence-corrected chi connectivity index (χ0v) is 10.0. The number of benzene rings is 1. The van der Waals surface area contributed by atoms with Gasteiger partial charge in [-0.15, -0.1) is 0 Å². The molecule has 6 nitrogen and oxygen atoms in total. The van der Waals surface area contributed by atoms with Crippen molar-refractivity contribution in [1.82, 2.24) is 4.98 Å². The van der Waals surface area contributed by atoms with E-state index in [0.717, 1.165) is 11.6 Å². The number of non-ortho nitro benzene ring substituents is 1. The number of rotatable bonds is 3. The second-order valence-electron chi connectivity index (χ2n) is 4.02. The fourth-order valence-electron chi connectivity index (χ4n) is 1.76. The van der Waals surface area contributed by atoms with Gasteiger partial charge in [0.15, 0.2) is 0 Å². The average molecular weight is 258 g/mol. The molecule has 0 aliphatic rings. The van der Waals surface area contributed by atoms with Crippen LogP contribution in [-0.2, 0) is 0 Å². The third-order valence-corrected chi connectivity index (χ3v) is 2.73. The molecule has 0 aliphatic carbocycles. The molecule has 1 aromatic heterocycles. The van der Waals surface area contributed by atoms with Crippen LogP contribution in [0, 0.1) is 17.0 Å². The highest BCUT2D eigenvalue weighted by atomic mass is 16.6. The minimum absolute atomic E-state index is 0.118. The van der Waals surface area contributed by atoms with Crippen molar-refractivity contribution in [1.29, 1.82) is 0 Å². The lowest BCUT2D eigenvalue weighted by molar-refractivity contribution is -0.384. The average Bonchev–Trinajstić information content (AvgIpc) is 2.38. The lowest BCUT2D eigenvalue weighted by atomic mass is 10.00. The number of carboxylic acid groups (broad SMARTS) is 1. The Labute approximate surface area is 108 Å². The van der Waals surface area contributed by atoms with Crippen LogP contribution in [-0.4, -0.2) is 21.0 Å². The minimum Gasteiger partial charge on any atom is -0.478 e. The highest BCUT2D eigenvalue weighted by molar-refractivity contribution is 5.90. The first-order valence-corrected chi connectivity index (χ1v) is 5.43. The van der Waals surface area contributed by atoms with E-state index in [1.54, 1.807) is 18.5 Å². The number of nitro groups is 1. The molecule has 0 radical (unpaired) electrons. The van der Waals surface area contributed by atoms with E-state index in [2.05, 4.69) is 4.98 Å². The van der Waals surface area contributed by atoms with Crippen molar-refractivity contribution >= 4 is 11.7 Å². The second kappa shape index (κ2) is 4.85. The number of carbonyl (C=O) groups is 1. The molecule has 0 unspecified atom stereocenters. The van der Waals surface area contributed by atoms with Gasteiger partial charge < -0.3 is 5.11 Å². The van der Waals surface area contributed by atoms with Gasteiger partial charge in [0.1, 0.15) is 0 Å². The minimum atomic E-state index is -1.20. The highest BCUT2D eigenvalue weighted by Crippen LogP contribution is 2.27. The number of carboxylic acids is 1. The van der Waals surface area contributed by atoms with Gasteiger partial charge in [-0.05, 0) is 30.2 Å². The van der Waals surface area contributed by atoms with Gasteiger partial charge in [-0.3, -0.25) is 15.1 Å². The van der Waals surface area contributed by atoms with E-state index in [1.807, 2.05) is 6.92 Å². The Balaban J connectivity index is 2.67. The van der Waals surface area contributed by atoms with Crippen LogP contribution < -0.4 is 0 Å². The number of nitro benzene ring substituents is 1. The van der Waals surface area contributed by atoms with E-state index >= 15 is 0 Å². The maximum Gasteiger partial charge on any atom is 0.335 e. The number of nitrogens with zero attached hydrogens (tertiary/aromatic N) is 2. The largest absolute Gasteiger partial charge is 0.478 e. The number of hydrogen-bond acceptors (Lipinski definition) is 4. The third-order valence-electron chi connectivity index (χ3n) is 2.73. The second-order valence-corrected chi connectivity index (χ2v) is 4.02. The first-order chi connectivity index (χ1) is 8.99. The summed E-state index contributed by atoms with van der Waals surface area (Å²) in [5.41, 5.74) is 1.64. The van der Waals surface area contributed by atoms with Crippen LogP contribution in [0.2, 0.25) is 0 Å². The van der Waals surface area contributed by atoms with E-state index in [1.165, 1.54) is 12.1 Å². The summed E-state index contributed by atoms with van der Waals surface area (Å²) in [5.74, 6) is -1.20. The van der Waals surface area contributed by atoms with Crippen LogP contribution in [0.4, 0.5) is 5.69 Å². The maximum absolute atomic E-state index is 11.0. The van der Waals surface area contributed by atoms with Crippen LogP contribution in [0.1, 0.15) is 15.9 Å². The highest BCUT2D eigenvalue weighted by Gasteiger charge is 2.15. The molecule has 96 valence electrons. The van der Waals surface area contributed by atoms with Gasteiger partial charge in [0, 0.05) is 30.1 Å². The fraction of sp³-hybridized carbons (Fsp3) is 0.0769. The molecular formula is C13H10N2O4. The van der Waals surface area contributed by atoms with E-state index in [0.29, 0.717) is 11.1 Å². The molecular weight excluding hydrogens is 248 g/mol. The predicted octanol–water partition coefficient (Wildman–Crippen LogP) is 2.66.